The molecule has 25 heavy (non-hydrogen) atoms. The fourth-order valence-electron chi connectivity index (χ4n) is 3.60. The van der Waals surface area contributed by atoms with Gasteiger partial charge in [-0.1, -0.05) is 19.9 Å². The van der Waals surface area contributed by atoms with Crippen LogP contribution in [0.1, 0.15) is 52.4 Å². The Balaban J connectivity index is 1.65. The van der Waals surface area contributed by atoms with E-state index in [-0.39, 0.29) is 17.1 Å². The Kier molecular flexibility index (Phi) is 3.46. The molecule has 3 aromatic rings. The van der Waals surface area contributed by atoms with Crippen LogP contribution < -0.4 is 5.32 Å². The van der Waals surface area contributed by atoms with Crippen molar-refractivity contribution in [1.82, 2.24) is 15.3 Å². The normalized spacial score (nSPS) is 15.4. The molecule has 2 N–H and O–H groups in total. The molecule has 1 aromatic carbocycles. The molecule has 0 radical (unpaired) electrons. The molecular weight excluding hydrogens is 314 g/mol. The number of aromatic nitrogens is 2. The van der Waals surface area contributed by atoms with Crippen molar-refractivity contribution in [2.24, 2.45) is 0 Å². The largest absolute Gasteiger partial charge is 0.352 e. The monoisotopic (exact) mass is 333 g/mol. The highest BCUT2D eigenvalue weighted by Crippen LogP contribution is 2.42. The second-order valence-electron chi connectivity index (χ2n) is 7.12. The van der Waals surface area contributed by atoms with Crippen LogP contribution in [-0.2, 0) is 12.0 Å². The lowest BCUT2D eigenvalue weighted by Gasteiger charge is -2.17. The molecule has 2 heterocycles. The highest BCUT2D eigenvalue weighted by molar-refractivity contribution is 6.08. The summed E-state index contributed by atoms with van der Waals surface area (Å²) in [5, 5.41) is 3.85. The van der Waals surface area contributed by atoms with Crippen LogP contribution >= 0.6 is 0 Å². The fraction of sp³-hybridized carbons (Fsp3) is 0.250. The van der Waals surface area contributed by atoms with Crippen LogP contribution in [0.25, 0.3) is 10.9 Å². The molecule has 1 aliphatic carbocycles. The highest BCUT2D eigenvalue weighted by atomic mass is 16.1. The summed E-state index contributed by atoms with van der Waals surface area (Å²) in [5.74, 6) is -0.0120. The molecule has 0 atom stereocenters. The van der Waals surface area contributed by atoms with Gasteiger partial charge in [-0.15, -0.1) is 0 Å². The number of carbonyl (C=O) groups is 2. The third kappa shape index (κ3) is 2.61. The van der Waals surface area contributed by atoms with Gasteiger partial charge in [0, 0.05) is 29.1 Å². The van der Waals surface area contributed by atoms with Crippen molar-refractivity contribution in [1.29, 1.82) is 0 Å². The smallest absolute Gasteiger partial charge is 0.251 e. The number of Topliss-reactive ketones (excluding diaryl/α,β-unsaturated/α-hetero) is 1. The number of aromatic amines is 1. The van der Waals surface area contributed by atoms with E-state index in [2.05, 4.69) is 29.1 Å². The minimum Gasteiger partial charge on any atom is -0.352 e. The van der Waals surface area contributed by atoms with Gasteiger partial charge in [0.2, 0.25) is 0 Å². The van der Waals surface area contributed by atoms with E-state index in [1.165, 1.54) is 0 Å². The molecular formula is C20H19N3O2. The zero-order valence-corrected chi connectivity index (χ0v) is 14.2. The van der Waals surface area contributed by atoms with Gasteiger partial charge in [0.25, 0.3) is 5.91 Å². The zero-order chi connectivity index (χ0) is 17.6. The molecule has 1 aliphatic rings. The van der Waals surface area contributed by atoms with Crippen molar-refractivity contribution in [3.05, 3.63) is 65.1 Å². The van der Waals surface area contributed by atoms with Gasteiger partial charge in [0.15, 0.2) is 5.78 Å². The van der Waals surface area contributed by atoms with Crippen LogP contribution in [0.3, 0.4) is 0 Å². The average molecular weight is 333 g/mol. The lowest BCUT2D eigenvalue weighted by Crippen LogP contribution is -2.23. The molecule has 0 bridgehead atoms. The van der Waals surface area contributed by atoms with Crippen molar-refractivity contribution in [3.8, 4) is 0 Å². The summed E-state index contributed by atoms with van der Waals surface area (Å²) in [4.78, 5) is 32.1. The summed E-state index contributed by atoms with van der Waals surface area (Å²) in [7, 11) is 0. The molecule has 0 fully saturated rings. The summed E-state index contributed by atoms with van der Waals surface area (Å²) in [5.41, 5.74) is 3.78. The minimum atomic E-state index is -0.215. The van der Waals surface area contributed by atoms with E-state index < -0.39 is 0 Å². The molecule has 126 valence electrons. The van der Waals surface area contributed by atoms with E-state index in [0.29, 0.717) is 24.2 Å². The maximum Gasteiger partial charge on any atom is 0.251 e. The summed E-state index contributed by atoms with van der Waals surface area (Å²) in [6.07, 6.45) is 2.20. The van der Waals surface area contributed by atoms with Crippen LogP contribution in [0.4, 0.5) is 0 Å². The first-order valence-corrected chi connectivity index (χ1v) is 8.33. The predicted molar refractivity (Wildman–Crippen MR) is 95.7 cm³/mol. The van der Waals surface area contributed by atoms with E-state index in [0.717, 1.165) is 22.2 Å². The summed E-state index contributed by atoms with van der Waals surface area (Å²) in [6.45, 7) is 4.52. The number of fused-ring (bicyclic) bond motifs is 3. The second-order valence-corrected chi connectivity index (χ2v) is 7.12. The van der Waals surface area contributed by atoms with E-state index >= 15 is 0 Å². The van der Waals surface area contributed by atoms with Crippen molar-refractivity contribution < 1.29 is 9.59 Å². The molecule has 5 nitrogen and oxygen atoms in total. The molecule has 1 amide bonds. The van der Waals surface area contributed by atoms with Gasteiger partial charge in [-0.05, 0) is 41.3 Å². The number of ketones is 1. The van der Waals surface area contributed by atoms with Crippen LogP contribution in [0.2, 0.25) is 0 Å². The number of nitrogens with one attached hydrogen (secondary N) is 2. The molecule has 0 spiro atoms. The Morgan fingerprint density at radius 3 is 2.88 bits per heavy atom. The molecule has 2 aromatic heterocycles. The average Bonchev–Trinajstić information content (AvgIpc) is 3.09. The highest BCUT2D eigenvalue weighted by Gasteiger charge is 2.39. The number of nitrogens with zero attached hydrogens (tertiary/aromatic N) is 1. The van der Waals surface area contributed by atoms with Gasteiger partial charge < -0.3 is 10.3 Å². The third-order valence-corrected chi connectivity index (χ3v) is 4.78. The quantitative estimate of drug-likeness (QED) is 0.772. The lowest BCUT2D eigenvalue weighted by atomic mass is 9.85. The Morgan fingerprint density at radius 2 is 2.12 bits per heavy atom. The van der Waals surface area contributed by atoms with Crippen LogP contribution in [0.15, 0.2) is 42.6 Å². The summed E-state index contributed by atoms with van der Waals surface area (Å²) >= 11 is 0. The number of pyridine rings is 1. The summed E-state index contributed by atoms with van der Waals surface area (Å²) < 4.78 is 0. The first kappa shape index (κ1) is 15.6. The summed E-state index contributed by atoms with van der Waals surface area (Å²) in [6, 6.07) is 11.1. The van der Waals surface area contributed by atoms with E-state index in [1.807, 2.05) is 30.3 Å². The molecule has 0 aliphatic heterocycles. The van der Waals surface area contributed by atoms with Gasteiger partial charge in [0.05, 0.1) is 17.9 Å². The number of rotatable bonds is 3. The van der Waals surface area contributed by atoms with Crippen LogP contribution in [-0.4, -0.2) is 21.7 Å². The number of carbonyl (C=O) groups excluding carboxylic acids is 2. The molecule has 0 saturated heterocycles. The SMILES string of the molecule is CC1(C)CC(=O)c2[nH]c3ccc(C(=O)NCc4ccccn4)cc3c21. The van der Waals surface area contributed by atoms with E-state index in [1.54, 1.807) is 12.3 Å². The lowest BCUT2D eigenvalue weighted by molar-refractivity contribution is 0.0948. The maximum atomic E-state index is 12.5. The van der Waals surface area contributed by atoms with Crippen LogP contribution in [0.5, 0.6) is 0 Å². The first-order valence-electron chi connectivity index (χ1n) is 8.33. The van der Waals surface area contributed by atoms with Gasteiger partial charge >= 0.3 is 0 Å². The number of hydrogen-bond acceptors (Lipinski definition) is 3. The number of benzene rings is 1. The molecule has 0 saturated carbocycles. The fourth-order valence-corrected chi connectivity index (χ4v) is 3.60. The van der Waals surface area contributed by atoms with Gasteiger partial charge in [-0.25, -0.2) is 0 Å². The number of amides is 1. The van der Waals surface area contributed by atoms with Crippen molar-refractivity contribution >= 4 is 22.6 Å². The predicted octanol–water partition coefficient (Wildman–Crippen LogP) is 3.36. The van der Waals surface area contributed by atoms with Crippen molar-refractivity contribution in [2.45, 2.75) is 32.2 Å². The van der Waals surface area contributed by atoms with Gasteiger partial charge in [-0.2, -0.15) is 0 Å². The van der Waals surface area contributed by atoms with Crippen LogP contribution in [0, 0.1) is 0 Å². The Bertz CT molecular complexity index is 987. The number of H-pyrrole nitrogens is 1. The van der Waals surface area contributed by atoms with Gasteiger partial charge in [-0.3, -0.25) is 14.6 Å². The van der Waals surface area contributed by atoms with Gasteiger partial charge in [0.1, 0.15) is 0 Å². The third-order valence-electron chi connectivity index (χ3n) is 4.78. The number of hydrogen-bond donors (Lipinski definition) is 2. The Labute approximate surface area is 145 Å². The molecule has 4 rings (SSSR count). The topological polar surface area (TPSA) is 74.8 Å². The standard InChI is InChI=1S/C20H19N3O2/c1-20(2)10-16(24)18-17(20)14-9-12(6-7-15(14)23-18)19(25)22-11-13-5-3-4-8-21-13/h3-9,23H,10-11H2,1-2H3,(H,22,25). The van der Waals surface area contributed by atoms with Crippen molar-refractivity contribution in [2.75, 3.05) is 0 Å². The first-order chi connectivity index (χ1) is 12.0. The van der Waals surface area contributed by atoms with E-state index in [4.69, 9.17) is 0 Å². The van der Waals surface area contributed by atoms with E-state index in [9.17, 15) is 9.59 Å². The zero-order valence-electron chi connectivity index (χ0n) is 14.2. The maximum absolute atomic E-state index is 12.5. The second kappa shape index (κ2) is 5.55. The minimum absolute atomic E-state index is 0.136. The Hall–Kier alpha value is -2.95. The Morgan fingerprint density at radius 1 is 1.28 bits per heavy atom. The van der Waals surface area contributed by atoms with Crippen molar-refractivity contribution in [3.63, 3.8) is 0 Å². The molecule has 0 unspecified atom stereocenters. The molecule has 5 heteroatoms.